The first-order chi connectivity index (χ1) is 21.2. The monoisotopic (exact) mass is 586 g/mol. The Morgan fingerprint density at radius 2 is 1.50 bits per heavy atom. The van der Waals surface area contributed by atoms with Gasteiger partial charge in [0.05, 0.1) is 0 Å². The molecule has 5 rings (SSSR count). The zero-order valence-corrected chi connectivity index (χ0v) is 28.0. The van der Waals surface area contributed by atoms with Gasteiger partial charge in [0.15, 0.2) is 0 Å². The van der Waals surface area contributed by atoms with E-state index in [1.165, 1.54) is 96.9 Å². The highest BCUT2D eigenvalue weighted by atomic mass is 15.2. The molecule has 1 atom stereocenters. The summed E-state index contributed by atoms with van der Waals surface area (Å²) in [6, 6.07) is 25.7. The van der Waals surface area contributed by atoms with Crippen molar-refractivity contribution in [3.05, 3.63) is 129 Å². The van der Waals surface area contributed by atoms with Crippen molar-refractivity contribution < 1.29 is 0 Å². The minimum atomic E-state index is 0.600. The lowest BCUT2D eigenvalue weighted by molar-refractivity contribution is 0.231. The van der Waals surface area contributed by atoms with Gasteiger partial charge in [-0.25, -0.2) is 0 Å². The summed E-state index contributed by atoms with van der Waals surface area (Å²) in [5.41, 5.74) is 8.69. The Bertz CT molecular complexity index is 1490. The van der Waals surface area contributed by atoms with Crippen molar-refractivity contribution >= 4 is 12.2 Å². The molecule has 2 aliphatic rings. The van der Waals surface area contributed by atoms with Gasteiger partial charge in [0.1, 0.15) is 0 Å². The zero-order chi connectivity index (χ0) is 31.9. The van der Waals surface area contributed by atoms with Crippen LogP contribution in [0, 0.1) is 26.2 Å². The number of aryl methyl sites for hydroxylation is 3. The summed E-state index contributed by atoms with van der Waals surface area (Å²) in [5, 5.41) is 2.28. The Morgan fingerprint density at radius 1 is 0.886 bits per heavy atom. The zero-order valence-electron chi connectivity index (χ0n) is 28.0. The highest BCUT2D eigenvalue weighted by molar-refractivity contribution is 5.72. The molecule has 232 valence electrons. The molecule has 3 aromatic carbocycles. The fourth-order valence-corrected chi connectivity index (χ4v) is 5.88. The van der Waals surface area contributed by atoms with Crippen molar-refractivity contribution in [2.45, 2.75) is 79.2 Å². The van der Waals surface area contributed by atoms with Gasteiger partial charge >= 0.3 is 0 Å². The van der Waals surface area contributed by atoms with E-state index < -0.39 is 0 Å². The second-order valence-electron chi connectivity index (χ2n) is 12.5. The molecule has 44 heavy (non-hydrogen) atoms. The Hall–Kier alpha value is -3.80. The van der Waals surface area contributed by atoms with Crippen LogP contribution < -0.4 is 10.4 Å². The molecule has 2 saturated heterocycles. The Kier molecular flexibility index (Phi) is 14.3. The molecule has 3 aromatic rings. The molecule has 0 N–H and O–H groups in total. The van der Waals surface area contributed by atoms with Gasteiger partial charge < -0.3 is 9.80 Å². The van der Waals surface area contributed by atoms with Crippen molar-refractivity contribution in [1.29, 1.82) is 0 Å². The van der Waals surface area contributed by atoms with Crippen molar-refractivity contribution in [3.63, 3.8) is 0 Å². The smallest absolute Gasteiger partial charge is 0.0417 e. The van der Waals surface area contributed by atoms with Crippen LogP contribution in [0.1, 0.15) is 75.1 Å². The molecular formula is C42H54N2. The van der Waals surface area contributed by atoms with Crippen LogP contribution in [0.2, 0.25) is 0 Å². The molecule has 0 aromatic heterocycles. The van der Waals surface area contributed by atoms with Gasteiger partial charge in [0.25, 0.3) is 0 Å². The molecule has 2 heteroatoms. The topological polar surface area (TPSA) is 6.48 Å². The Labute approximate surface area is 268 Å². The summed E-state index contributed by atoms with van der Waals surface area (Å²) in [7, 11) is 0. The molecule has 2 nitrogen and oxygen atoms in total. The lowest BCUT2D eigenvalue weighted by atomic mass is 10.0. The van der Waals surface area contributed by atoms with Gasteiger partial charge in [-0.3, -0.25) is 0 Å². The van der Waals surface area contributed by atoms with Gasteiger partial charge in [-0.05, 0) is 101 Å². The maximum Gasteiger partial charge on any atom is 0.0417 e. The lowest BCUT2D eigenvalue weighted by Crippen LogP contribution is -2.40. The molecule has 0 radical (unpaired) electrons. The number of allylic oxidation sites excluding steroid dienone is 2. The van der Waals surface area contributed by atoms with E-state index in [0.29, 0.717) is 6.04 Å². The van der Waals surface area contributed by atoms with Crippen LogP contribution in [-0.4, -0.2) is 42.0 Å². The fourth-order valence-electron chi connectivity index (χ4n) is 5.88. The maximum absolute atomic E-state index is 5.15. The Morgan fingerprint density at radius 3 is 2.07 bits per heavy atom. The van der Waals surface area contributed by atoms with E-state index in [2.05, 4.69) is 111 Å². The first kappa shape index (κ1) is 34.7. The van der Waals surface area contributed by atoms with Crippen molar-refractivity contribution in [1.82, 2.24) is 9.80 Å². The average Bonchev–Trinajstić information content (AvgIpc) is 3.71. The van der Waals surface area contributed by atoms with Gasteiger partial charge in [0.2, 0.25) is 0 Å². The van der Waals surface area contributed by atoms with E-state index in [4.69, 9.17) is 6.42 Å². The van der Waals surface area contributed by atoms with Gasteiger partial charge in [-0.1, -0.05) is 116 Å². The van der Waals surface area contributed by atoms with E-state index in [-0.39, 0.29) is 0 Å². The van der Waals surface area contributed by atoms with Gasteiger partial charge in [-0.2, -0.15) is 0 Å². The van der Waals surface area contributed by atoms with Crippen LogP contribution in [0.4, 0.5) is 0 Å². The van der Waals surface area contributed by atoms with Crippen LogP contribution in [-0.2, 0) is 6.42 Å². The first-order valence-corrected chi connectivity index (χ1v) is 16.4. The summed E-state index contributed by atoms with van der Waals surface area (Å²) < 4.78 is 0. The van der Waals surface area contributed by atoms with Crippen LogP contribution >= 0.6 is 0 Å². The van der Waals surface area contributed by atoms with E-state index in [1.54, 1.807) is 0 Å². The lowest BCUT2D eigenvalue weighted by Gasteiger charge is -2.32. The van der Waals surface area contributed by atoms with Gasteiger partial charge in [0, 0.05) is 36.0 Å². The van der Waals surface area contributed by atoms with Crippen LogP contribution in [0.5, 0.6) is 0 Å². The molecular weight excluding hydrogens is 532 g/mol. The van der Waals surface area contributed by atoms with E-state index in [1.807, 2.05) is 31.2 Å². The van der Waals surface area contributed by atoms with Crippen molar-refractivity contribution in [2.24, 2.45) is 0 Å². The highest BCUT2D eigenvalue weighted by Crippen LogP contribution is 2.28. The second-order valence-corrected chi connectivity index (χ2v) is 12.5. The van der Waals surface area contributed by atoms with Crippen LogP contribution in [0.3, 0.4) is 0 Å². The number of benzene rings is 3. The van der Waals surface area contributed by atoms with Gasteiger partial charge in [-0.15, -0.1) is 6.42 Å². The minimum absolute atomic E-state index is 0.600. The predicted molar refractivity (Wildman–Crippen MR) is 193 cm³/mol. The summed E-state index contributed by atoms with van der Waals surface area (Å²) in [6.45, 7) is 24.3. The molecule has 2 fully saturated rings. The number of rotatable bonds is 7. The van der Waals surface area contributed by atoms with E-state index in [9.17, 15) is 0 Å². The van der Waals surface area contributed by atoms with Crippen molar-refractivity contribution in [2.75, 3.05) is 26.2 Å². The summed E-state index contributed by atoms with van der Waals surface area (Å²) >= 11 is 0. The Balaban J connectivity index is 0.000000227. The molecule has 0 aliphatic carbocycles. The highest BCUT2D eigenvalue weighted by Gasteiger charge is 2.29. The van der Waals surface area contributed by atoms with Crippen molar-refractivity contribution in [3.8, 4) is 12.3 Å². The molecule has 0 bridgehead atoms. The molecule has 2 aliphatic heterocycles. The SMILES string of the molecule is C#Cc1ccc(C)cc1.C=C(/C(C=C(C)C)=c1\ccccc1=C)N1CCCC1CN1CCCC1.CCCc1ccc(C)cc1. The third kappa shape index (κ3) is 11.0. The standard InChI is InChI=1S/C23H32N2.C10H14.C9H8/c1-18(2)16-23(22-12-6-5-10-19(22)3)20(4)25-15-9-11-21(25)17-24-13-7-8-14-24;1-3-4-10-7-5-9(2)6-8-10;1-3-9-6-4-8(2)5-7-9/h5-6,10,12,16,21H,3-4,7-9,11,13-15,17H2,1-2H3;5-8H,3-4H2,1-2H3;1,4-7H,2H3/b23-22+;;. The second kappa shape index (κ2) is 18.1. The summed E-state index contributed by atoms with van der Waals surface area (Å²) in [6.07, 6.45) is 15.1. The predicted octanol–water partition coefficient (Wildman–Crippen LogP) is 8.21. The molecule has 0 amide bonds. The molecule has 2 heterocycles. The average molecular weight is 587 g/mol. The first-order valence-electron chi connectivity index (χ1n) is 16.4. The summed E-state index contributed by atoms with van der Waals surface area (Å²) in [4.78, 5) is 5.19. The third-order valence-electron chi connectivity index (χ3n) is 8.32. The minimum Gasteiger partial charge on any atom is -0.367 e. The van der Waals surface area contributed by atoms with E-state index in [0.717, 1.165) is 17.3 Å². The number of nitrogens with zero attached hydrogens (tertiary/aromatic N) is 2. The molecule has 0 spiro atoms. The van der Waals surface area contributed by atoms with Crippen LogP contribution in [0.15, 0.2) is 96.7 Å². The maximum atomic E-state index is 5.15. The number of likely N-dealkylation sites (tertiary alicyclic amines) is 2. The number of hydrogen-bond acceptors (Lipinski definition) is 2. The molecule has 1 unspecified atom stereocenters. The van der Waals surface area contributed by atoms with E-state index >= 15 is 0 Å². The quantitative estimate of drug-likeness (QED) is 0.258. The third-order valence-corrected chi connectivity index (χ3v) is 8.32. The fraction of sp³-hybridized carbons (Fsp3) is 0.381. The molecule has 0 saturated carbocycles. The number of hydrogen-bond donors (Lipinski definition) is 0. The van der Waals surface area contributed by atoms with Crippen LogP contribution in [0.25, 0.3) is 12.2 Å². The summed E-state index contributed by atoms with van der Waals surface area (Å²) in [5.74, 6) is 2.55. The number of terminal acetylenes is 1. The largest absolute Gasteiger partial charge is 0.367 e. The normalized spacial score (nSPS) is 16.5.